The van der Waals surface area contributed by atoms with E-state index in [0.717, 1.165) is 11.1 Å². The van der Waals surface area contributed by atoms with Crippen LogP contribution < -0.4 is 5.32 Å². The van der Waals surface area contributed by atoms with E-state index in [-0.39, 0.29) is 24.6 Å². The quantitative estimate of drug-likeness (QED) is 0.855. The van der Waals surface area contributed by atoms with Crippen molar-refractivity contribution in [1.82, 2.24) is 25.2 Å². The lowest BCUT2D eigenvalue weighted by Crippen LogP contribution is -2.39. The number of nitrogens with one attached hydrogen (secondary N) is 1. The van der Waals surface area contributed by atoms with Gasteiger partial charge in [0.05, 0.1) is 31.7 Å². The molecule has 0 aliphatic carbocycles. The van der Waals surface area contributed by atoms with Crippen LogP contribution in [0.4, 0.5) is 8.78 Å². The van der Waals surface area contributed by atoms with Gasteiger partial charge in [-0.3, -0.25) is 9.59 Å². The number of likely N-dealkylation sites (tertiary alicyclic amines) is 1. The van der Waals surface area contributed by atoms with Gasteiger partial charge in [0.25, 0.3) is 11.8 Å². The van der Waals surface area contributed by atoms with E-state index in [1.807, 2.05) is 31.2 Å². The number of aryl methyl sites for hydroxylation is 1. The van der Waals surface area contributed by atoms with Crippen LogP contribution in [0.5, 0.6) is 0 Å². The second-order valence-corrected chi connectivity index (χ2v) is 6.80. The number of carbonyl (C=O) groups is 2. The Hall–Kier alpha value is -2.84. The van der Waals surface area contributed by atoms with Crippen LogP contribution >= 0.6 is 0 Å². The highest BCUT2D eigenvalue weighted by Crippen LogP contribution is 2.33. The number of halogens is 2. The van der Waals surface area contributed by atoms with Gasteiger partial charge in [0.2, 0.25) is 5.91 Å². The van der Waals surface area contributed by atoms with Crippen LogP contribution in [0.1, 0.15) is 28.0 Å². The number of amides is 2. The molecule has 27 heavy (non-hydrogen) atoms. The molecule has 1 N–H and O–H groups in total. The van der Waals surface area contributed by atoms with Crippen LogP contribution in [-0.2, 0) is 17.8 Å². The number of alkyl halides is 2. The third-order valence-corrected chi connectivity index (χ3v) is 4.57. The van der Waals surface area contributed by atoms with Crippen LogP contribution in [0.3, 0.4) is 0 Å². The molecule has 3 rings (SSSR count). The summed E-state index contributed by atoms with van der Waals surface area (Å²) in [5.41, 5.74) is 1.94. The molecule has 1 aromatic heterocycles. The zero-order valence-corrected chi connectivity index (χ0v) is 15.2. The molecule has 144 valence electrons. The van der Waals surface area contributed by atoms with Crippen LogP contribution in [0.25, 0.3) is 0 Å². The van der Waals surface area contributed by atoms with Crippen LogP contribution in [-0.4, -0.2) is 57.3 Å². The summed E-state index contributed by atoms with van der Waals surface area (Å²) in [4.78, 5) is 25.4. The summed E-state index contributed by atoms with van der Waals surface area (Å²) in [6, 6.07) is 6.70. The highest BCUT2D eigenvalue weighted by molar-refractivity contribution is 5.91. The van der Waals surface area contributed by atoms with E-state index in [2.05, 4.69) is 15.6 Å². The van der Waals surface area contributed by atoms with E-state index in [1.54, 1.807) is 0 Å². The molecule has 1 aliphatic heterocycles. The fraction of sp³-hybridized carbons (Fsp3) is 0.444. The van der Waals surface area contributed by atoms with Crippen molar-refractivity contribution in [3.05, 3.63) is 47.3 Å². The van der Waals surface area contributed by atoms with Crippen molar-refractivity contribution in [3.8, 4) is 0 Å². The first kappa shape index (κ1) is 18.9. The van der Waals surface area contributed by atoms with Gasteiger partial charge in [-0.2, -0.15) is 0 Å². The average Bonchev–Trinajstić information content (AvgIpc) is 3.20. The number of aromatic nitrogens is 3. The molecule has 7 nitrogen and oxygen atoms in total. The van der Waals surface area contributed by atoms with Gasteiger partial charge in [-0.25, -0.2) is 13.5 Å². The van der Waals surface area contributed by atoms with E-state index in [1.165, 1.54) is 22.8 Å². The lowest BCUT2D eigenvalue weighted by Gasteiger charge is -2.23. The number of benzene rings is 1. The third-order valence-electron chi connectivity index (χ3n) is 4.57. The van der Waals surface area contributed by atoms with Crippen molar-refractivity contribution < 1.29 is 18.4 Å². The van der Waals surface area contributed by atoms with Gasteiger partial charge >= 0.3 is 0 Å². The minimum atomic E-state index is -2.95. The van der Waals surface area contributed by atoms with Crippen molar-refractivity contribution in [2.75, 3.05) is 13.6 Å². The van der Waals surface area contributed by atoms with Gasteiger partial charge in [-0.1, -0.05) is 35.0 Å². The minimum Gasteiger partial charge on any atom is -0.354 e. The van der Waals surface area contributed by atoms with Crippen molar-refractivity contribution in [3.63, 3.8) is 0 Å². The van der Waals surface area contributed by atoms with Crippen molar-refractivity contribution >= 4 is 11.8 Å². The average molecular weight is 377 g/mol. The molecule has 1 aliphatic rings. The smallest absolute Gasteiger partial charge is 0.273 e. The molecule has 0 unspecified atom stereocenters. The molecule has 0 saturated carbocycles. The Labute approximate surface area is 155 Å². The minimum absolute atomic E-state index is 0.0548. The summed E-state index contributed by atoms with van der Waals surface area (Å²) >= 11 is 0. The molecule has 2 heterocycles. The van der Waals surface area contributed by atoms with Crippen LogP contribution in [0.2, 0.25) is 0 Å². The number of nitrogens with zero attached hydrogens (tertiary/aromatic N) is 4. The van der Waals surface area contributed by atoms with Gasteiger partial charge in [0.15, 0.2) is 5.69 Å². The number of rotatable bonds is 5. The van der Waals surface area contributed by atoms with Gasteiger partial charge in [0, 0.05) is 13.5 Å². The second-order valence-electron chi connectivity index (χ2n) is 6.80. The summed E-state index contributed by atoms with van der Waals surface area (Å²) in [6.45, 7) is 1.38. The van der Waals surface area contributed by atoms with E-state index >= 15 is 0 Å². The van der Waals surface area contributed by atoms with Gasteiger partial charge in [-0.15, -0.1) is 5.10 Å². The molecule has 2 amide bonds. The maximum absolute atomic E-state index is 14.0. The van der Waals surface area contributed by atoms with Crippen molar-refractivity contribution in [1.29, 1.82) is 0 Å². The summed E-state index contributed by atoms with van der Waals surface area (Å²) in [7, 11) is 1.46. The molecule has 9 heteroatoms. The maximum Gasteiger partial charge on any atom is 0.273 e. The highest BCUT2D eigenvalue weighted by atomic mass is 19.3. The standard InChI is InChI=1S/C18H21F2N5O2/c1-12-3-5-13(6-4-12)7-16(26)25-11-18(19,20)8-14(25)9-24-10-15(22-23-24)17(27)21-2/h3-6,10,14H,7-9,11H2,1-2H3,(H,21,27)/t14-/m0/s1. The summed E-state index contributed by atoms with van der Waals surface area (Å²) in [5, 5.41) is 9.95. The summed E-state index contributed by atoms with van der Waals surface area (Å²) in [5.74, 6) is -3.71. The summed E-state index contributed by atoms with van der Waals surface area (Å²) in [6.07, 6.45) is 1.01. The Morgan fingerprint density at radius 3 is 2.67 bits per heavy atom. The largest absolute Gasteiger partial charge is 0.354 e. The van der Waals surface area contributed by atoms with E-state index < -0.39 is 30.8 Å². The van der Waals surface area contributed by atoms with Gasteiger partial charge in [-0.05, 0) is 12.5 Å². The van der Waals surface area contributed by atoms with E-state index in [4.69, 9.17) is 0 Å². The fourth-order valence-electron chi connectivity index (χ4n) is 3.17. The number of hydrogen-bond acceptors (Lipinski definition) is 4. The molecule has 1 atom stereocenters. The topological polar surface area (TPSA) is 80.1 Å². The zero-order chi connectivity index (χ0) is 19.6. The SMILES string of the molecule is CNC(=O)c1cn(C[C@@H]2CC(F)(F)CN2C(=O)Cc2ccc(C)cc2)nn1. The maximum atomic E-state index is 14.0. The number of carbonyl (C=O) groups excluding carboxylic acids is 2. The monoisotopic (exact) mass is 377 g/mol. The Bertz CT molecular complexity index is 835. The molecule has 0 radical (unpaired) electrons. The molecule has 1 saturated heterocycles. The van der Waals surface area contributed by atoms with E-state index in [9.17, 15) is 18.4 Å². The lowest BCUT2D eigenvalue weighted by atomic mass is 10.1. The molecule has 0 bridgehead atoms. The molecule has 1 fully saturated rings. The predicted octanol–water partition coefficient (Wildman–Crippen LogP) is 1.43. The first-order valence-corrected chi connectivity index (χ1v) is 8.62. The molecular weight excluding hydrogens is 356 g/mol. The van der Waals surface area contributed by atoms with Crippen molar-refractivity contribution in [2.45, 2.75) is 38.3 Å². The van der Waals surface area contributed by atoms with Gasteiger partial charge in [0.1, 0.15) is 0 Å². The molecule has 0 spiro atoms. The second kappa shape index (κ2) is 7.42. The normalized spacial score (nSPS) is 18.5. The first-order valence-electron chi connectivity index (χ1n) is 8.62. The Morgan fingerprint density at radius 1 is 1.30 bits per heavy atom. The summed E-state index contributed by atoms with van der Waals surface area (Å²) < 4.78 is 29.3. The van der Waals surface area contributed by atoms with Crippen LogP contribution in [0.15, 0.2) is 30.5 Å². The zero-order valence-electron chi connectivity index (χ0n) is 15.2. The van der Waals surface area contributed by atoms with Gasteiger partial charge < -0.3 is 10.2 Å². The number of hydrogen-bond donors (Lipinski definition) is 1. The Kier molecular flexibility index (Phi) is 5.20. The predicted molar refractivity (Wildman–Crippen MR) is 93.4 cm³/mol. The molecule has 1 aromatic carbocycles. The lowest BCUT2D eigenvalue weighted by molar-refractivity contribution is -0.132. The fourth-order valence-corrected chi connectivity index (χ4v) is 3.17. The van der Waals surface area contributed by atoms with E-state index in [0.29, 0.717) is 0 Å². The van der Waals surface area contributed by atoms with Crippen LogP contribution in [0, 0.1) is 6.92 Å². The Balaban J connectivity index is 1.72. The third kappa shape index (κ3) is 4.47. The van der Waals surface area contributed by atoms with Crippen molar-refractivity contribution in [2.24, 2.45) is 0 Å². The first-order chi connectivity index (χ1) is 12.8. The molecular formula is C18H21F2N5O2. The Morgan fingerprint density at radius 2 is 2.00 bits per heavy atom. The highest BCUT2D eigenvalue weighted by Gasteiger charge is 2.47. The molecule has 2 aromatic rings.